The smallest absolute Gasteiger partial charge is 0.295 e. The van der Waals surface area contributed by atoms with Gasteiger partial charge in [0, 0.05) is 29.6 Å². The monoisotopic (exact) mass is 456 g/mol. The molecule has 0 amide bonds. The molecule has 2 aliphatic rings. The van der Waals surface area contributed by atoms with Gasteiger partial charge in [-0.25, -0.2) is 9.97 Å². The Morgan fingerprint density at radius 3 is 2.91 bits per heavy atom. The van der Waals surface area contributed by atoms with Crippen LogP contribution in [0.15, 0.2) is 36.4 Å². The molecule has 2 N–H and O–H groups in total. The van der Waals surface area contributed by atoms with Crippen molar-refractivity contribution in [3.63, 3.8) is 0 Å². The van der Waals surface area contributed by atoms with Crippen molar-refractivity contribution >= 4 is 22.4 Å². The molecule has 2 atom stereocenters. The minimum atomic E-state index is -3.29. The average Bonchev–Trinajstić information content (AvgIpc) is 2.83. The fourth-order valence-corrected chi connectivity index (χ4v) is 4.42. The number of alkyl halides is 2. The number of morpholine rings is 1. The van der Waals surface area contributed by atoms with Crippen LogP contribution in [0.1, 0.15) is 29.9 Å². The lowest BCUT2D eigenvalue weighted by molar-refractivity contribution is -0.0556. The van der Waals surface area contributed by atoms with Crippen LogP contribution in [0.5, 0.6) is 5.75 Å². The number of nitrogens with one attached hydrogen (secondary N) is 1. The number of nitrogens with zero attached hydrogens (tertiary/aromatic N) is 3. The van der Waals surface area contributed by atoms with Crippen molar-refractivity contribution in [2.45, 2.75) is 31.9 Å². The van der Waals surface area contributed by atoms with Gasteiger partial charge in [0.05, 0.1) is 30.5 Å². The Hall–Kier alpha value is -3.04. The summed E-state index contributed by atoms with van der Waals surface area (Å²) >= 11 is 0. The van der Waals surface area contributed by atoms with E-state index in [4.69, 9.17) is 14.6 Å². The number of aryl methyl sites for hydroxylation is 1. The lowest BCUT2D eigenvalue weighted by Crippen LogP contribution is -2.51. The summed E-state index contributed by atoms with van der Waals surface area (Å²) in [5.74, 6) is -1.28. The number of fused-ring (bicyclic) bond motifs is 4. The first-order valence-corrected chi connectivity index (χ1v) is 11.0. The molecule has 5 rings (SSSR count). The Morgan fingerprint density at radius 2 is 2.09 bits per heavy atom. The number of rotatable bonds is 5. The van der Waals surface area contributed by atoms with Gasteiger partial charge in [0.1, 0.15) is 30.6 Å². The van der Waals surface area contributed by atoms with E-state index in [1.165, 1.54) is 12.1 Å². The van der Waals surface area contributed by atoms with Crippen molar-refractivity contribution < 1.29 is 23.4 Å². The fourth-order valence-electron chi connectivity index (χ4n) is 4.42. The largest absolute Gasteiger partial charge is 0.489 e. The molecule has 2 aromatic carbocycles. The van der Waals surface area contributed by atoms with Crippen LogP contribution in [0.3, 0.4) is 0 Å². The third-order valence-electron chi connectivity index (χ3n) is 6.22. The Labute approximate surface area is 190 Å². The van der Waals surface area contributed by atoms with Crippen molar-refractivity contribution in [3.8, 4) is 5.75 Å². The van der Waals surface area contributed by atoms with Gasteiger partial charge in [0.25, 0.3) is 5.92 Å². The quantitative estimate of drug-likeness (QED) is 0.605. The molecule has 33 heavy (non-hydrogen) atoms. The fraction of sp³-hybridized carbons (Fsp3) is 0.417. The van der Waals surface area contributed by atoms with Crippen LogP contribution >= 0.6 is 0 Å². The van der Waals surface area contributed by atoms with Crippen LogP contribution in [0.2, 0.25) is 0 Å². The zero-order chi connectivity index (χ0) is 23.2. The molecule has 1 unspecified atom stereocenters. The molecule has 0 bridgehead atoms. The molecule has 9 heteroatoms. The Morgan fingerprint density at radius 1 is 1.24 bits per heavy atom. The molecule has 7 nitrogen and oxygen atoms in total. The molecule has 2 aliphatic heterocycles. The van der Waals surface area contributed by atoms with Crippen molar-refractivity contribution in [3.05, 3.63) is 53.3 Å². The first-order valence-electron chi connectivity index (χ1n) is 11.0. The van der Waals surface area contributed by atoms with Crippen LogP contribution in [-0.2, 0) is 10.7 Å². The normalized spacial score (nSPS) is 18.9. The first kappa shape index (κ1) is 21.8. The molecule has 1 saturated heterocycles. The van der Waals surface area contributed by atoms with Crippen LogP contribution in [0.4, 0.5) is 20.3 Å². The van der Waals surface area contributed by atoms with Crippen molar-refractivity contribution in [1.29, 1.82) is 0 Å². The highest BCUT2D eigenvalue weighted by Gasteiger charge is 2.32. The second-order valence-corrected chi connectivity index (χ2v) is 8.54. The number of aliphatic hydroxyl groups is 1. The van der Waals surface area contributed by atoms with E-state index >= 15 is 0 Å². The third kappa shape index (κ3) is 4.06. The number of halogens is 2. The van der Waals surface area contributed by atoms with Gasteiger partial charge in [-0.3, -0.25) is 0 Å². The standard InChI is InChI=1S/C24H26F2N4O3/c1-14(16-4-3-5-17(8-16)24(25,26)13-31)27-23-19-9-21-22(10-20(19)28-15(2)29-23)33-12-18-11-32-7-6-30(18)21/h3-5,8-10,14,18,31H,6-7,11-13H2,1-2H3,(H,27,28,29)/t14-,18?/m1/s1. The van der Waals surface area contributed by atoms with Crippen molar-refractivity contribution in [2.24, 2.45) is 0 Å². The van der Waals surface area contributed by atoms with E-state index in [2.05, 4.69) is 20.2 Å². The maximum atomic E-state index is 14.0. The van der Waals surface area contributed by atoms with Gasteiger partial charge in [-0.15, -0.1) is 0 Å². The van der Waals surface area contributed by atoms with Gasteiger partial charge < -0.3 is 24.8 Å². The number of ether oxygens (including phenoxy) is 2. The average molecular weight is 456 g/mol. The summed E-state index contributed by atoms with van der Waals surface area (Å²) in [7, 11) is 0. The minimum absolute atomic E-state index is 0.168. The zero-order valence-electron chi connectivity index (χ0n) is 18.5. The zero-order valence-corrected chi connectivity index (χ0v) is 18.5. The Kier molecular flexibility index (Phi) is 5.54. The first-order chi connectivity index (χ1) is 15.9. The molecule has 174 valence electrons. The topological polar surface area (TPSA) is 79.7 Å². The van der Waals surface area contributed by atoms with Gasteiger partial charge >= 0.3 is 0 Å². The van der Waals surface area contributed by atoms with E-state index < -0.39 is 12.5 Å². The van der Waals surface area contributed by atoms with E-state index in [0.717, 1.165) is 28.9 Å². The van der Waals surface area contributed by atoms with Gasteiger partial charge in [-0.1, -0.05) is 18.2 Å². The van der Waals surface area contributed by atoms with Crippen molar-refractivity contribution in [2.75, 3.05) is 43.2 Å². The SMILES string of the molecule is Cc1nc(N[C@H](C)c2cccc(C(F)(F)CO)c2)c2cc3c(cc2n1)OCC1COCCN31. The molecule has 3 aromatic rings. The number of benzene rings is 2. The molecule has 0 spiro atoms. The maximum absolute atomic E-state index is 14.0. The summed E-state index contributed by atoms with van der Waals surface area (Å²) in [5.41, 5.74) is 2.18. The van der Waals surface area contributed by atoms with Crippen LogP contribution in [-0.4, -0.2) is 54.1 Å². The number of hydrogen-bond donors (Lipinski definition) is 2. The molecule has 0 aliphatic carbocycles. The summed E-state index contributed by atoms with van der Waals surface area (Å²) < 4.78 is 39.6. The molecule has 3 heterocycles. The summed E-state index contributed by atoms with van der Waals surface area (Å²) in [6, 6.07) is 9.92. The minimum Gasteiger partial charge on any atom is -0.489 e. The molecular weight excluding hydrogens is 430 g/mol. The summed E-state index contributed by atoms with van der Waals surface area (Å²) in [5, 5.41) is 13.2. The molecule has 1 fully saturated rings. The van der Waals surface area contributed by atoms with E-state index in [-0.39, 0.29) is 17.6 Å². The second kappa shape index (κ2) is 8.39. The van der Waals surface area contributed by atoms with Gasteiger partial charge in [0.2, 0.25) is 0 Å². The van der Waals surface area contributed by atoms with Crippen LogP contribution in [0.25, 0.3) is 10.9 Å². The van der Waals surface area contributed by atoms with E-state index in [0.29, 0.717) is 37.0 Å². The number of aliphatic hydroxyl groups excluding tert-OH is 1. The van der Waals surface area contributed by atoms with Crippen molar-refractivity contribution in [1.82, 2.24) is 9.97 Å². The van der Waals surface area contributed by atoms with E-state index in [1.807, 2.05) is 26.0 Å². The predicted molar refractivity (Wildman–Crippen MR) is 121 cm³/mol. The summed E-state index contributed by atoms with van der Waals surface area (Å²) in [6.07, 6.45) is 0. The summed E-state index contributed by atoms with van der Waals surface area (Å²) in [4.78, 5) is 11.5. The third-order valence-corrected chi connectivity index (χ3v) is 6.22. The number of anilines is 2. The predicted octanol–water partition coefficient (Wildman–Crippen LogP) is 3.79. The highest BCUT2D eigenvalue weighted by Crippen LogP contribution is 2.40. The lowest BCUT2D eigenvalue weighted by Gasteiger charge is -2.41. The molecule has 0 saturated carbocycles. The molecule has 0 radical (unpaired) electrons. The van der Waals surface area contributed by atoms with Crippen LogP contribution in [0, 0.1) is 6.92 Å². The Bertz CT molecular complexity index is 1190. The highest BCUT2D eigenvalue weighted by molar-refractivity contribution is 5.94. The second-order valence-electron chi connectivity index (χ2n) is 8.54. The Balaban J connectivity index is 1.51. The van der Waals surface area contributed by atoms with E-state index in [9.17, 15) is 8.78 Å². The maximum Gasteiger partial charge on any atom is 0.295 e. The lowest BCUT2D eigenvalue weighted by atomic mass is 10.0. The molecule has 1 aromatic heterocycles. The number of hydrogen-bond acceptors (Lipinski definition) is 7. The van der Waals surface area contributed by atoms with Gasteiger partial charge in [0.15, 0.2) is 0 Å². The molecular formula is C24H26F2N4O3. The van der Waals surface area contributed by atoms with Crippen LogP contribution < -0.4 is 15.0 Å². The van der Waals surface area contributed by atoms with Gasteiger partial charge in [-0.2, -0.15) is 8.78 Å². The van der Waals surface area contributed by atoms with Gasteiger partial charge in [-0.05, 0) is 31.5 Å². The van der Waals surface area contributed by atoms with E-state index in [1.54, 1.807) is 12.1 Å². The summed E-state index contributed by atoms with van der Waals surface area (Å²) in [6.45, 7) is 5.11. The highest BCUT2D eigenvalue weighted by atomic mass is 19.3. The number of aromatic nitrogens is 2.